The highest BCUT2D eigenvalue weighted by Crippen LogP contribution is 2.28. The third kappa shape index (κ3) is 4.43. The standard InChI is InChI=1S/C14H8F6N2O2/c15-13(16,17)10-3-1-8(5-21-10)7-24-12(23)9-2-4-11(22-6-9)14(18,19)20/h1-6H,7H2. The maximum absolute atomic E-state index is 12.3. The van der Waals surface area contributed by atoms with E-state index in [4.69, 9.17) is 4.74 Å². The van der Waals surface area contributed by atoms with Crippen LogP contribution in [0.3, 0.4) is 0 Å². The first-order valence-corrected chi connectivity index (χ1v) is 6.30. The van der Waals surface area contributed by atoms with E-state index in [-0.39, 0.29) is 17.7 Å². The molecule has 0 spiro atoms. The monoisotopic (exact) mass is 350 g/mol. The molecular formula is C14H8F6N2O2. The molecule has 2 rings (SSSR count). The quantitative estimate of drug-likeness (QED) is 0.623. The topological polar surface area (TPSA) is 52.1 Å². The highest BCUT2D eigenvalue weighted by molar-refractivity contribution is 5.88. The highest BCUT2D eigenvalue weighted by Gasteiger charge is 2.33. The molecule has 0 bridgehead atoms. The van der Waals surface area contributed by atoms with Gasteiger partial charge in [0.2, 0.25) is 0 Å². The lowest BCUT2D eigenvalue weighted by Gasteiger charge is -2.08. The molecule has 10 heteroatoms. The normalized spacial score (nSPS) is 12.1. The fourth-order valence-corrected chi connectivity index (χ4v) is 1.59. The Bertz CT molecular complexity index is 708. The molecule has 0 N–H and O–H groups in total. The number of halogens is 6. The molecule has 0 aliphatic rings. The minimum absolute atomic E-state index is 0.191. The summed E-state index contributed by atoms with van der Waals surface area (Å²) in [6.07, 6.45) is -7.62. The molecule has 0 fully saturated rings. The first-order chi connectivity index (χ1) is 11.1. The van der Waals surface area contributed by atoms with Crippen molar-refractivity contribution in [1.82, 2.24) is 9.97 Å². The lowest BCUT2D eigenvalue weighted by molar-refractivity contribution is -0.142. The minimum Gasteiger partial charge on any atom is -0.457 e. The predicted molar refractivity (Wildman–Crippen MR) is 67.6 cm³/mol. The number of rotatable bonds is 3. The van der Waals surface area contributed by atoms with Crippen molar-refractivity contribution in [3.63, 3.8) is 0 Å². The molecule has 0 saturated heterocycles. The second kappa shape index (κ2) is 6.46. The number of carbonyl (C=O) groups excluding carboxylic acids is 1. The van der Waals surface area contributed by atoms with Gasteiger partial charge in [-0.1, -0.05) is 6.07 Å². The summed E-state index contributed by atoms with van der Waals surface area (Å²) < 4.78 is 78.8. The van der Waals surface area contributed by atoms with Gasteiger partial charge >= 0.3 is 18.3 Å². The van der Waals surface area contributed by atoms with Crippen LogP contribution in [0.15, 0.2) is 36.7 Å². The summed E-state index contributed by atoms with van der Waals surface area (Å²) in [6, 6.07) is 3.32. The number of alkyl halides is 6. The molecule has 2 heterocycles. The fraction of sp³-hybridized carbons (Fsp3) is 0.214. The van der Waals surface area contributed by atoms with Gasteiger partial charge in [0.1, 0.15) is 18.0 Å². The maximum atomic E-state index is 12.3. The zero-order chi connectivity index (χ0) is 18.0. The Labute approximate surface area is 131 Å². The molecule has 0 radical (unpaired) electrons. The lowest BCUT2D eigenvalue weighted by atomic mass is 10.2. The van der Waals surface area contributed by atoms with Gasteiger partial charge in [0.15, 0.2) is 0 Å². The zero-order valence-corrected chi connectivity index (χ0v) is 11.6. The van der Waals surface area contributed by atoms with Gasteiger partial charge < -0.3 is 4.74 Å². The lowest BCUT2D eigenvalue weighted by Crippen LogP contribution is -2.11. The van der Waals surface area contributed by atoms with Gasteiger partial charge in [-0.15, -0.1) is 0 Å². The van der Waals surface area contributed by atoms with Crippen molar-refractivity contribution in [3.8, 4) is 0 Å². The summed E-state index contributed by atoms with van der Waals surface area (Å²) in [5.41, 5.74) is -2.28. The van der Waals surface area contributed by atoms with Gasteiger partial charge in [-0.2, -0.15) is 26.3 Å². The molecule has 2 aromatic rings. The van der Waals surface area contributed by atoms with Gasteiger partial charge in [0.05, 0.1) is 5.56 Å². The van der Waals surface area contributed by atoms with Crippen molar-refractivity contribution in [2.75, 3.05) is 0 Å². The second-order valence-corrected chi connectivity index (χ2v) is 4.56. The summed E-state index contributed by atoms with van der Waals surface area (Å²) >= 11 is 0. The first-order valence-electron chi connectivity index (χ1n) is 6.30. The zero-order valence-electron chi connectivity index (χ0n) is 11.6. The van der Waals surface area contributed by atoms with E-state index in [1.165, 1.54) is 0 Å². The summed E-state index contributed by atoms with van der Waals surface area (Å²) in [6.45, 7) is -0.384. The van der Waals surface area contributed by atoms with Gasteiger partial charge in [0, 0.05) is 18.0 Å². The Balaban J connectivity index is 1.98. The Morgan fingerprint density at radius 3 is 1.83 bits per heavy atom. The Hall–Kier alpha value is -2.65. The molecule has 0 aromatic carbocycles. The van der Waals surface area contributed by atoms with Crippen LogP contribution in [-0.4, -0.2) is 15.9 Å². The molecule has 0 aliphatic heterocycles. The molecule has 128 valence electrons. The Morgan fingerprint density at radius 1 is 0.875 bits per heavy atom. The number of nitrogens with zero attached hydrogens (tertiary/aromatic N) is 2. The van der Waals surface area contributed by atoms with Gasteiger partial charge in [-0.3, -0.25) is 9.97 Å². The van der Waals surface area contributed by atoms with Crippen LogP contribution in [0.25, 0.3) is 0 Å². The number of ether oxygens (including phenoxy) is 1. The van der Waals surface area contributed by atoms with E-state index in [9.17, 15) is 31.1 Å². The Morgan fingerprint density at radius 2 is 1.42 bits per heavy atom. The van der Waals surface area contributed by atoms with Gasteiger partial charge in [0.25, 0.3) is 0 Å². The van der Waals surface area contributed by atoms with Crippen LogP contribution in [0.4, 0.5) is 26.3 Å². The molecule has 0 amide bonds. The Kier molecular flexibility index (Phi) is 4.76. The molecular weight excluding hydrogens is 342 g/mol. The summed E-state index contributed by atoms with van der Waals surface area (Å²) in [7, 11) is 0. The number of carbonyl (C=O) groups is 1. The van der Waals surface area contributed by atoms with Crippen LogP contribution in [0.2, 0.25) is 0 Å². The highest BCUT2D eigenvalue weighted by atomic mass is 19.4. The van der Waals surface area contributed by atoms with Crippen molar-refractivity contribution in [3.05, 3.63) is 59.2 Å². The average molecular weight is 350 g/mol. The first kappa shape index (κ1) is 17.7. The van der Waals surface area contributed by atoms with Crippen molar-refractivity contribution in [2.24, 2.45) is 0 Å². The molecule has 0 atom stereocenters. The summed E-state index contributed by atoms with van der Waals surface area (Å²) in [4.78, 5) is 17.9. The molecule has 0 aliphatic carbocycles. The number of hydrogen-bond donors (Lipinski definition) is 0. The summed E-state index contributed by atoms with van der Waals surface area (Å²) in [5, 5.41) is 0. The van der Waals surface area contributed by atoms with Crippen LogP contribution in [0.1, 0.15) is 27.3 Å². The molecule has 4 nitrogen and oxygen atoms in total. The number of pyridine rings is 2. The van der Waals surface area contributed by atoms with E-state index in [0.717, 1.165) is 24.4 Å². The van der Waals surface area contributed by atoms with Crippen molar-refractivity contribution in [2.45, 2.75) is 19.0 Å². The van der Waals surface area contributed by atoms with E-state index < -0.39 is 29.7 Å². The van der Waals surface area contributed by atoms with Crippen LogP contribution >= 0.6 is 0 Å². The summed E-state index contributed by atoms with van der Waals surface area (Å²) in [5.74, 6) is -0.962. The van der Waals surface area contributed by atoms with Crippen molar-refractivity contribution >= 4 is 5.97 Å². The SMILES string of the molecule is O=C(OCc1ccc(C(F)(F)F)nc1)c1ccc(C(F)(F)F)nc1. The third-order valence-electron chi connectivity index (χ3n) is 2.77. The van der Waals surface area contributed by atoms with E-state index in [2.05, 4.69) is 9.97 Å². The van der Waals surface area contributed by atoms with Crippen LogP contribution in [-0.2, 0) is 23.7 Å². The fourth-order valence-electron chi connectivity index (χ4n) is 1.59. The smallest absolute Gasteiger partial charge is 0.433 e. The van der Waals surface area contributed by atoms with E-state index >= 15 is 0 Å². The predicted octanol–water partition coefficient (Wildman–Crippen LogP) is 3.87. The molecule has 0 saturated carbocycles. The van der Waals surface area contributed by atoms with Crippen LogP contribution < -0.4 is 0 Å². The van der Waals surface area contributed by atoms with E-state index in [1.807, 2.05) is 0 Å². The van der Waals surface area contributed by atoms with Crippen LogP contribution in [0.5, 0.6) is 0 Å². The minimum atomic E-state index is -4.63. The van der Waals surface area contributed by atoms with E-state index in [0.29, 0.717) is 12.3 Å². The molecule has 0 unspecified atom stereocenters. The molecule has 2 aromatic heterocycles. The maximum Gasteiger partial charge on any atom is 0.433 e. The number of aromatic nitrogens is 2. The third-order valence-corrected chi connectivity index (χ3v) is 2.77. The molecule has 24 heavy (non-hydrogen) atoms. The van der Waals surface area contributed by atoms with E-state index in [1.54, 1.807) is 0 Å². The van der Waals surface area contributed by atoms with Gasteiger partial charge in [-0.05, 0) is 18.2 Å². The number of hydrogen-bond acceptors (Lipinski definition) is 4. The van der Waals surface area contributed by atoms with Crippen molar-refractivity contribution in [1.29, 1.82) is 0 Å². The average Bonchev–Trinajstić information content (AvgIpc) is 2.51. The van der Waals surface area contributed by atoms with Gasteiger partial charge in [-0.25, -0.2) is 4.79 Å². The van der Waals surface area contributed by atoms with Crippen LogP contribution in [0, 0.1) is 0 Å². The largest absolute Gasteiger partial charge is 0.457 e. The van der Waals surface area contributed by atoms with Crippen molar-refractivity contribution < 1.29 is 35.9 Å². The number of esters is 1. The second-order valence-electron chi connectivity index (χ2n) is 4.56.